The highest BCUT2D eigenvalue weighted by Crippen LogP contribution is 2.27. The molecular formula is C23H25N5O4S. The van der Waals surface area contributed by atoms with Crippen molar-refractivity contribution in [2.45, 2.75) is 0 Å². The fraction of sp³-hybridized carbons (Fsp3) is 0.261. The molecule has 2 amide bonds. The lowest BCUT2D eigenvalue weighted by atomic mass is 10.1. The Morgan fingerprint density at radius 1 is 0.939 bits per heavy atom. The highest BCUT2D eigenvalue weighted by atomic mass is 32.2. The molecule has 1 aliphatic rings. The van der Waals surface area contributed by atoms with Crippen molar-refractivity contribution in [3.8, 4) is 0 Å². The monoisotopic (exact) mass is 467 g/mol. The zero-order chi connectivity index (χ0) is 23.5. The molecule has 0 spiro atoms. The van der Waals surface area contributed by atoms with Gasteiger partial charge in [0.15, 0.2) is 11.2 Å². The van der Waals surface area contributed by atoms with E-state index in [0.29, 0.717) is 48.3 Å². The molecule has 0 radical (unpaired) electrons. The topological polar surface area (TPSA) is 106 Å². The van der Waals surface area contributed by atoms with Gasteiger partial charge in [0, 0.05) is 57.4 Å². The fourth-order valence-corrected chi connectivity index (χ4v) is 4.29. The van der Waals surface area contributed by atoms with Crippen molar-refractivity contribution in [1.29, 1.82) is 0 Å². The van der Waals surface area contributed by atoms with Gasteiger partial charge in [-0.3, -0.25) is 19.1 Å². The third kappa shape index (κ3) is 4.67. The first-order valence-electron chi connectivity index (χ1n) is 10.5. The predicted molar refractivity (Wildman–Crippen MR) is 127 cm³/mol. The molecule has 3 aromatic rings. The maximum Gasteiger partial charge on any atom is 0.295 e. The van der Waals surface area contributed by atoms with Crippen molar-refractivity contribution in [1.82, 2.24) is 19.1 Å². The highest BCUT2D eigenvalue weighted by molar-refractivity contribution is 7.84. The van der Waals surface area contributed by atoms with E-state index in [9.17, 15) is 18.6 Å². The first-order chi connectivity index (χ1) is 15.9. The number of para-hydroxylation sites is 1. The van der Waals surface area contributed by atoms with E-state index in [4.69, 9.17) is 0 Å². The number of amides is 2. The summed E-state index contributed by atoms with van der Waals surface area (Å²) in [5, 5.41) is 0.576. The number of anilines is 1. The summed E-state index contributed by atoms with van der Waals surface area (Å²) in [6, 6.07) is 14.2. The molecule has 2 aromatic carbocycles. The Labute approximate surface area is 194 Å². The maximum absolute atomic E-state index is 13.0. The number of H-pyrrole nitrogens is 1. The second-order valence-electron chi connectivity index (χ2n) is 7.87. The van der Waals surface area contributed by atoms with Crippen molar-refractivity contribution in [3.05, 3.63) is 65.9 Å². The van der Waals surface area contributed by atoms with E-state index >= 15 is 0 Å². The Hall–Kier alpha value is -3.50. The molecule has 4 rings (SSSR count). The fourth-order valence-electron chi connectivity index (χ4n) is 3.75. The van der Waals surface area contributed by atoms with Gasteiger partial charge in [0.05, 0.1) is 16.8 Å². The van der Waals surface area contributed by atoms with Gasteiger partial charge in [0.2, 0.25) is 0 Å². The second kappa shape index (κ2) is 9.55. The molecule has 10 heteroatoms. The number of carbonyl (C=O) groups is 3. The van der Waals surface area contributed by atoms with E-state index in [0.717, 1.165) is 0 Å². The largest absolute Gasteiger partial charge is 0.359 e. The quantitative estimate of drug-likeness (QED) is 0.427. The van der Waals surface area contributed by atoms with Crippen molar-refractivity contribution < 1.29 is 18.6 Å². The molecule has 0 aliphatic carbocycles. The van der Waals surface area contributed by atoms with Gasteiger partial charge in [-0.05, 0) is 18.2 Å². The first-order valence-corrected chi connectivity index (χ1v) is 11.6. The third-order valence-corrected chi connectivity index (χ3v) is 6.62. The number of hydrogen-bond acceptors (Lipinski definition) is 4. The Balaban J connectivity index is 1.45. The van der Waals surface area contributed by atoms with Crippen LogP contribution in [0.25, 0.3) is 10.9 Å². The van der Waals surface area contributed by atoms with Gasteiger partial charge in [0.25, 0.3) is 17.6 Å². The second-order valence-corrected chi connectivity index (χ2v) is 9.31. The molecule has 9 nitrogen and oxygen atoms in total. The van der Waals surface area contributed by atoms with Crippen LogP contribution in [-0.4, -0.2) is 81.2 Å². The van der Waals surface area contributed by atoms with E-state index in [1.54, 1.807) is 49.3 Å². The SMILES string of the molecule is CN(C)S(=O)Nc1cccc2c(C(=O)C(=O)N3CCN(C(=O)c4ccccc4)CC3)c[nH]c12. The average Bonchev–Trinajstić information content (AvgIpc) is 3.28. The molecule has 0 bridgehead atoms. The number of aromatic nitrogens is 1. The number of carbonyl (C=O) groups excluding carboxylic acids is 3. The molecule has 2 heterocycles. The van der Waals surface area contributed by atoms with E-state index < -0.39 is 22.9 Å². The zero-order valence-electron chi connectivity index (χ0n) is 18.4. The number of nitrogens with zero attached hydrogens (tertiary/aromatic N) is 3. The minimum atomic E-state index is -1.44. The Bertz CT molecular complexity index is 1220. The molecule has 172 valence electrons. The van der Waals surface area contributed by atoms with E-state index in [2.05, 4.69) is 9.71 Å². The van der Waals surface area contributed by atoms with Gasteiger partial charge in [-0.2, -0.15) is 0 Å². The Morgan fingerprint density at radius 3 is 2.27 bits per heavy atom. The molecule has 33 heavy (non-hydrogen) atoms. The van der Waals surface area contributed by atoms with Crippen LogP contribution in [0.4, 0.5) is 5.69 Å². The molecule has 1 aliphatic heterocycles. The number of hydrogen-bond donors (Lipinski definition) is 2. The lowest BCUT2D eigenvalue weighted by Crippen LogP contribution is -2.52. The van der Waals surface area contributed by atoms with E-state index in [1.807, 2.05) is 18.2 Å². The lowest BCUT2D eigenvalue weighted by molar-refractivity contribution is -0.127. The summed E-state index contributed by atoms with van der Waals surface area (Å²) in [5.74, 6) is -1.30. The summed E-state index contributed by atoms with van der Waals surface area (Å²) in [7, 11) is 3.36. The molecule has 1 aromatic heterocycles. The van der Waals surface area contributed by atoms with Crippen molar-refractivity contribution in [2.24, 2.45) is 0 Å². The number of fused-ring (bicyclic) bond motifs is 1. The standard InChI is InChI=1S/C23H25N5O4S/c1-26(2)33(32)25-19-10-6-9-17-18(15-24-20(17)19)21(29)23(31)28-13-11-27(12-14-28)22(30)16-7-4-3-5-8-16/h3-10,15,24-25H,11-14H2,1-2H3. The van der Waals surface area contributed by atoms with Gasteiger partial charge in [0.1, 0.15) is 0 Å². The minimum Gasteiger partial charge on any atom is -0.359 e. The molecule has 0 saturated carbocycles. The van der Waals surface area contributed by atoms with E-state index in [1.165, 1.54) is 15.4 Å². The van der Waals surface area contributed by atoms with Crippen LogP contribution in [0.5, 0.6) is 0 Å². The minimum absolute atomic E-state index is 0.0826. The molecule has 1 unspecified atom stereocenters. The van der Waals surface area contributed by atoms with E-state index in [-0.39, 0.29) is 11.5 Å². The summed E-state index contributed by atoms with van der Waals surface area (Å²) in [6.07, 6.45) is 1.50. The predicted octanol–water partition coefficient (Wildman–Crippen LogP) is 1.89. The summed E-state index contributed by atoms with van der Waals surface area (Å²) < 4.78 is 16.5. The summed E-state index contributed by atoms with van der Waals surface area (Å²) in [5.41, 5.74) is 2.03. The third-order valence-electron chi connectivity index (χ3n) is 5.56. The number of rotatable bonds is 6. The van der Waals surface area contributed by atoms with Gasteiger partial charge < -0.3 is 14.8 Å². The smallest absolute Gasteiger partial charge is 0.295 e. The van der Waals surface area contributed by atoms with Crippen LogP contribution in [-0.2, 0) is 16.0 Å². The molecule has 2 N–H and O–H groups in total. The van der Waals surface area contributed by atoms with Crippen LogP contribution < -0.4 is 4.72 Å². The lowest BCUT2D eigenvalue weighted by Gasteiger charge is -2.34. The zero-order valence-corrected chi connectivity index (χ0v) is 19.2. The molecule has 1 atom stereocenters. The first kappa shape index (κ1) is 22.7. The average molecular weight is 468 g/mol. The number of piperazine rings is 1. The van der Waals surface area contributed by atoms with Gasteiger partial charge in [-0.25, -0.2) is 8.51 Å². The number of benzene rings is 2. The van der Waals surface area contributed by atoms with Crippen LogP contribution in [0.15, 0.2) is 54.7 Å². The van der Waals surface area contributed by atoms with Crippen LogP contribution in [0.3, 0.4) is 0 Å². The number of aromatic amines is 1. The maximum atomic E-state index is 13.0. The van der Waals surface area contributed by atoms with Crippen molar-refractivity contribution in [3.63, 3.8) is 0 Å². The summed E-state index contributed by atoms with van der Waals surface area (Å²) in [6.45, 7) is 1.32. The summed E-state index contributed by atoms with van der Waals surface area (Å²) >= 11 is -1.44. The van der Waals surface area contributed by atoms with Gasteiger partial charge in [-0.15, -0.1) is 0 Å². The number of ketones is 1. The van der Waals surface area contributed by atoms with Gasteiger partial charge in [-0.1, -0.05) is 30.3 Å². The Morgan fingerprint density at radius 2 is 1.61 bits per heavy atom. The number of nitrogens with one attached hydrogen (secondary N) is 2. The van der Waals surface area contributed by atoms with Crippen LogP contribution >= 0.6 is 0 Å². The van der Waals surface area contributed by atoms with Crippen LogP contribution in [0.2, 0.25) is 0 Å². The summed E-state index contributed by atoms with van der Waals surface area (Å²) in [4.78, 5) is 44.8. The molecular weight excluding hydrogens is 442 g/mol. The van der Waals surface area contributed by atoms with Crippen molar-refractivity contribution in [2.75, 3.05) is 45.0 Å². The molecule has 1 fully saturated rings. The Kier molecular flexibility index (Phi) is 6.57. The van der Waals surface area contributed by atoms with Crippen molar-refractivity contribution >= 4 is 45.4 Å². The van der Waals surface area contributed by atoms with Gasteiger partial charge >= 0.3 is 0 Å². The molecule has 1 saturated heterocycles. The van der Waals surface area contributed by atoms with Crippen LogP contribution in [0.1, 0.15) is 20.7 Å². The highest BCUT2D eigenvalue weighted by Gasteiger charge is 2.30. The number of Topliss-reactive ketones (excluding diaryl/α,β-unsaturated/α-hetero) is 1. The normalized spacial score (nSPS) is 15.0. The van der Waals surface area contributed by atoms with Crippen LogP contribution in [0, 0.1) is 0 Å².